The number of rotatable bonds is 1. The van der Waals surface area contributed by atoms with Gasteiger partial charge in [-0.3, -0.25) is 0 Å². The maximum atomic E-state index is 3.36. The van der Waals surface area contributed by atoms with Crippen LogP contribution in [0, 0.1) is 6.07 Å². The SMILES string of the molecule is [c]1ccc(-c2ccc3ccc4cccc5ccc2c3c45)c2ccccc12. The first kappa shape index (κ1) is 13.9. The van der Waals surface area contributed by atoms with Crippen LogP contribution in [0.1, 0.15) is 0 Å². The van der Waals surface area contributed by atoms with Gasteiger partial charge in [0.15, 0.2) is 0 Å². The summed E-state index contributed by atoms with van der Waals surface area (Å²) in [5, 5.41) is 10.4. The summed E-state index contributed by atoms with van der Waals surface area (Å²) in [7, 11) is 0. The van der Waals surface area contributed by atoms with Crippen LogP contribution in [0.4, 0.5) is 0 Å². The molecule has 0 aliphatic carbocycles. The zero-order valence-electron chi connectivity index (χ0n) is 14.2. The smallest absolute Gasteiger partial charge is 0.00206 e. The van der Waals surface area contributed by atoms with E-state index in [0.717, 1.165) is 5.39 Å². The monoisotopic (exact) mass is 327 g/mol. The molecule has 0 aromatic heterocycles. The lowest BCUT2D eigenvalue weighted by Gasteiger charge is -2.15. The van der Waals surface area contributed by atoms with Crippen LogP contribution in [-0.4, -0.2) is 0 Å². The van der Waals surface area contributed by atoms with E-state index in [1.54, 1.807) is 0 Å². The van der Waals surface area contributed by atoms with Gasteiger partial charge in [-0.25, -0.2) is 0 Å². The lowest BCUT2D eigenvalue weighted by molar-refractivity contribution is 1.69. The number of benzene rings is 6. The van der Waals surface area contributed by atoms with Gasteiger partial charge in [-0.2, -0.15) is 0 Å². The van der Waals surface area contributed by atoms with Crippen LogP contribution in [0.3, 0.4) is 0 Å². The molecule has 6 aromatic carbocycles. The Morgan fingerprint density at radius 3 is 2.04 bits per heavy atom. The molecule has 0 heterocycles. The molecule has 1 radical (unpaired) electrons. The third kappa shape index (κ3) is 1.79. The van der Waals surface area contributed by atoms with Gasteiger partial charge in [0.1, 0.15) is 0 Å². The van der Waals surface area contributed by atoms with E-state index in [9.17, 15) is 0 Å². The Kier molecular flexibility index (Phi) is 2.70. The van der Waals surface area contributed by atoms with Crippen LogP contribution in [0.25, 0.3) is 54.2 Å². The Morgan fingerprint density at radius 1 is 0.462 bits per heavy atom. The molecule has 0 aliphatic rings. The molecule has 0 amide bonds. The van der Waals surface area contributed by atoms with E-state index in [0.29, 0.717) is 0 Å². The van der Waals surface area contributed by atoms with Crippen LogP contribution in [0.5, 0.6) is 0 Å². The Hall–Kier alpha value is -3.38. The molecular formula is C26H15. The molecule has 119 valence electrons. The van der Waals surface area contributed by atoms with Crippen LogP contribution < -0.4 is 0 Å². The third-order valence-corrected chi connectivity index (χ3v) is 5.52. The highest BCUT2D eigenvalue weighted by atomic mass is 14.2. The quantitative estimate of drug-likeness (QED) is 0.280. The fourth-order valence-corrected chi connectivity index (χ4v) is 4.35. The molecule has 6 rings (SSSR count). The van der Waals surface area contributed by atoms with Gasteiger partial charge in [-0.1, -0.05) is 91.0 Å². The van der Waals surface area contributed by atoms with E-state index >= 15 is 0 Å². The lowest BCUT2D eigenvalue weighted by Crippen LogP contribution is -1.88. The van der Waals surface area contributed by atoms with E-state index in [1.165, 1.54) is 48.8 Å². The van der Waals surface area contributed by atoms with Gasteiger partial charge in [0.05, 0.1) is 0 Å². The van der Waals surface area contributed by atoms with Gasteiger partial charge in [-0.15, -0.1) is 0 Å². The van der Waals surface area contributed by atoms with Crippen molar-refractivity contribution in [1.29, 1.82) is 0 Å². The van der Waals surface area contributed by atoms with Gasteiger partial charge in [-0.05, 0) is 60.3 Å². The molecule has 0 atom stereocenters. The molecule has 0 unspecified atom stereocenters. The summed E-state index contributed by atoms with van der Waals surface area (Å²) in [6.45, 7) is 0. The van der Waals surface area contributed by atoms with E-state index in [2.05, 4.69) is 91.0 Å². The predicted molar refractivity (Wildman–Crippen MR) is 112 cm³/mol. The second-order valence-corrected chi connectivity index (χ2v) is 6.91. The molecule has 0 saturated carbocycles. The predicted octanol–water partition coefficient (Wildman–Crippen LogP) is 7.20. The molecule has 0 saturated heterocycles. The lowest BCUT2D eigenvalue weighted by atomic mass is 9.88. The summed E-state index contributed by atoms with van der Waals surface area (Å²) in [6, 6.07) is 36.2. The maximum absolute atomic E-state index is 3.36. The van der Waals surface area contributed by atoms with Gasteiger partial charge in [0.2, 0.25) is 0 Å². The van der Waals surface area contributed by atoms with Gasteiger partial charge in [0, 0.05) is 0 Å². The van der Waals surface area contributed by atoms with Crippen LogP contribution in [0.15, 0.2) is 91.0 Å². The number of hydrogen-bond acceptors (Lipinski definition) is 0. The van der Waals surface area contributed by atoms with Gasteiger partial charge >= 0.3 is 0 Å². The normalized spacial score (nSPS) is 11.8. The summed E-state index contributed by atoms with van der Waals surface area (Å²) in [6.07, 6.45) is 0. The summed E-state index contributed by atoms with van der Waals surface area (Å²) >= 11 is 0. The number of hydrogen-bond donors (Lipinski definition) is 0. The molecule has 0 fully saturated rings. The summed E-state index contributed by atoms with van der Waals surface area (Å²) in [5.74, 6) is 0. The standard InChI is InChI=1S/C26H15/c1-2-9-21-17(5-1)6-4-10-22(21)23-15-13-20-12-11-18-7-3-8-19-14-16-24(23)26(20)25(18)19/h1-5,7-16H. The summed E-state index contributed by atoms with van der Waals surface area (Å²) in [4.78, 5) is 0. The Balaban J connectivity index is 1.82. The van der Waals surface area contributed by atoms with E-state index < -0.39 is 0 Å². The first-order valence-corrected chi connectivity index (χ1v) is 8.96. The second kappa shape index (κ2) is 5.06. The van der Waals surface area contributed by atoms with Crippen molar-refractivity contribution >= 4 is 43.1 Å². The molecular weight excluding hydrogens is 312 g/mol. The largest absolute Gasteiger partial charge is 0.0616 e. The summed E-state index contributed by atoms with van der Waals surface area (Å²) < 4.78 is 0. The molecule has 0 bridgehead atoms. The highest BCUT2D eigenvalue weighted by Crippen LogP contribution is 2.40. The third-order valence-electron chi connectivity index (χ3n) is 5.52. The van der Waals surface area contributed by atoms with E-state index in [4.69, 9.17) is 0 Å². The fourth-order valence-electron chi connectivity index (χ4n) is 4.35. The minimum atomic E-state index is 1.16. The minimum absolute atomic E-state index is 1.16. The minimum Gasteiger partial charge on any atom is -0.0616 e. The Morgan fingerprint density at radius 2 is 1.15 bits per heavy atom. The van der Waals surface area contributed by atoms with Crippen molar-refractivity contribution in [2.75, 3.05) is 0 Å². The van der Waals surface area contributed by atoms with Crippen LogP contribution in [0.2, 0.25) is 0 Å². The topological polar surface area (TPSA) is 0 Å². The highest BCUT2D eigenvalue weighted by Gasteiger charge is 2.13. The zero-order valence-corrected chi connectivity index (χ0v) is 14.2. The van der Waals surface area contributed by atoms with Gasteiger partial charge < -0.3 is 0 Å². The van der Waals surface area contributed by atoms with Crippen molar-refractivity contribution < 1.29 is 0 Å². The molecule has 6 aromatic rings. The second-order valence-electron chi connectivity index (χ2n) is 6.91. The van der Waals surface area contributed by atoms with Crippen molar-refractivity contribution in [1.82, 2.24) is 0 Å². The summed E-state index contributed by atoms with van der Waals surface area (Å²) in [5.41, 5.74) is 2.57. The maximum Gasteiger partial charge on any atom is -0.00206 e. The molecule has 0 aliphatic heterocycles. The Bertz CT molecular complexity index is 1400. The van der Waals surface area contributed by atoms with Gasteiger partial charge in [0.25, 0.3) is 0 Å². The van der Waals surface area contributed by atoms with E-state index in [1.807, 2.05) is 6.07 Å². The van der Waals surface area contributed by atoms with Crippen molar-refractivity contribution in [3.8, 4) is 11.1 Å². The van der Waals surface area contributed by atoms with Crippen molar-refractivity contribution in [2.24, 2.45) is 0 Å². The average Bonchev–Trinajstić information content (AvgIpc) is 2.71. The van der Waals surface area contributed by atoms with Crippen LogP contribution in [-0.2, 0) is 0 Å². The van der Waals surface area contributed by atoms with E-state index in [-0.39, 0.29) is 0 Å². The van der Waals surface area contributed by atoms with Crippen molar-refractivity contribution in [3.63, 3.8) is 0 Å². The molecule has 26 heavy (non-hydrogen) atoms. The molecule has 0 heteroatoms. The van der Waals surface area contributed by atoms with Crippen LogP contribution >= 0.6 is 0 Å². The number of fused-ring (bicyclic) bond motifs is 1. The highest BCUT2D eigenvalue weighted by molar-refractivity contribution is 6.26. The van der Waals surface area contributed by atoms with Crippen molar-refractivity contribution in [3.05, 3.63) is 97.1 Å². The molecule has 0 N–H and O–H groups in total. The van der Waals surface area contributed by atoms with Crippen molar-refractivity contribution in [2.45, 2.75) is 0 Å². The average molecular weight is 327 g/mol. The fraction of sp³-hybridized carbons (Fsp3) is 0. The zero-order chi connectivity index (χ0) is 17.1. The molecule has 0 nitrogen and oxygen atoms in total. The first-order valence-electron chi connectivity index (χ1n) is 8.96. The Labute approximate surface area is 151 Å². The molecule has 0 spiro atoms. The first-order chi connectivity index (χ1) is 12.9.